The Kier molecular flexibility index (Phi) is 5.07. The van der Waals surface area contributed by atoms with Gasteiger partial charge in [0.15, 0.2) is 0 Å². The van der Waals surface area contributed by atoms with Crippen molar-refractivity contribution in [2.75, 3.05) is 0 Å². The molecule has 0 saturated carbocycles. The normalized spacial score (nSPS) is 12.4. The van der Waals surface area contributed by atoms with Gasteiger partial charge in [-0.25, -0.2) is 8.78 Å². The fraction of sp³-hybridized carbons (Fsp3) is 0.333. The second-order valence-electron chi connectivity index (χ2n) is 5.62. The van der Waals surface area contributed by atoms with Crippen molar-refractivity contribution in [2.45, 2.75) is 39.8 Å². The largest absolute Gasteiger partial charge is 0.310 e. The Hall–Kier alpha value is -1.74. The summed E-state index contributed by atoms with van der Waals surface area (Å²) in [7, 11) is 0. The molecule has 0 amide bonds. The zero-order valence-corrected chi connectivity index (χ0v) is 12.7. The summed E-state index contributed by atoms with van der Waals surface area (Å²) in [6.45, 7) is 6.78. The molecule has 0 radical (unpaired) electrons. The molecule has 0 aromatic heterocycles. The quantitative estimate of drug-likeness (QED) is 0.865. The minimum Gasteiger partial charge on any atom is -0.310 e. The van der Waals surface area contributed by atoms with Crippen molar-refractivity contribution in [3.63, 3.8) is 0 Å². The number of aryl methyl sites for hydroxylation is 2. The monoisotopic (exact) mass is 289 g/mol. The minimum absolute atomic E-state index is 0.00268. The molecule has 2 aromatic carbocycles. The predicted octanol–water partition coefficient (Wildman–Crippen LogP) is 4.30. The Morgan fingerprint density at radius 3 is 2.33 bits per heavy atom. The third-order valence-electron chi connectivity index (χ3n) is 3.71. The predicted molar refractivity (Wildman–Crippen MR) is 82.3 cm³/mol. The van der Waals surface area contributed by atoms with Crippen molar-refractivity contribution in [1.29, 1.82) is 0 Å². The van der Waals surface area contributed by atoms with Crippen LogP contribution in [0.2, 0.25) is 0 Å². The van der Waals surface area contributed by atoms with Gasteiger partial charge in [-0.15, -0.1) is 0 Å². The van der Waals surface area contributed by atoms with Crippen molar-refractivity contribution < 1.29 is 8.78 Å². The van der Waals surface area contributed by atoms with Crippen molar-refractivity contribution in [3.05, 3.63) is 70.3 Å². The summed E-state index contributed by atoms with van der Waals surface area (Å²) in [5.74, 6) is -0.953. The lowest BCUT2D eigenvalue weighted by Crippen LogP contribution is -2.28. The summed E-state index contributed by atoms with van der Waals surface area (Å²) < 4.78 is 27.2. The van der Waals surface area contributed by atoms with Crippen LogP contribution in [0.15, 0.2) is 36.4 Å². The molecule has 1 nitrogen and oxygen atoms in total. The van der Waals surface area contributed by atoms with E-state index in [0.717, 1.165) is 0 Å². The van der Waals surface area contributed by atoms with E-state index in [4.69, 9.17) is 0 Å². The topological polar surface area (TPSA) is 12.0 Å². The highest BCUT2D eigenvalue weighted by Gasteiger charge is 2.12. The Morgan fingerprint density at radius 2 is 1.71 bits per heavy atom. The molecule has 0 aliphatic carbocycles. The van der Waals surface area contributed by atoms with Gasteiger partial charge in [0.05, 0.1) is 0 Å². The molecule has 0 aliphatic rings. The minimum atomic E-state index is -0.477. The van der Waals surface area contributed by atoms with Crippen molar-refractivity contribution >= 4 is 0 Å². The van der Waals surface area contributed by atoms with Gasteiger partial charge in [0.2, 0.25) is 0 Å². The molecular weight excluding hydrogens is 268 g/mol. The molecule has 0 spiro atoms. The van der Waals surface area contributed by atoms with Crippen LogP contribution in [0.5, 0.6) is 0 Å². The number of hydrogen-bond donors (Lipinski definition) is 1. The van der Waals surface area contributed by atoms with E-state index in [1.54, 1.807) is 0 Å². The van der Waals surface area contributed by atoms with Crippen LogP contribution < -0.4 is 5.32 Å². The average molecular weight is 289 g/mol. The number of halogens is 2. The maximum Gasteiger partial charge on any atom is 0.129 e. The van der Waals surface area contributed by atoms with Crippen LogP contribution in [0.3, 0.4) is 0 Å². The van der Waals surface area contributed by atoms with Crippen LogP contribution in [0.25, 0.3) is 0 Å². The molecule has 0 aliphatic heterocycles. The molecule has 0 heterocycles. The lowest BCUT2D eigenvalue weighted by Gasteiger charge is -2.16. The van der Waals surface area contributed by atoms with E-state index in [0.29, 0.717) is 13.0 Å². The summed E-state index contributed by atoms with van der Waals surface area (Å²) in [6, 6.07) is 10.3. The van der Waals surface area contributed by atoms with Gasteiger partial charge in [-0.3, -0.25) is 0 Å². The molecule has 2 rings (SSSR count). The first-order valence-corrected chi connectivity index (χ1v) is 7.19. The second-order valence-corrected chi connectivity index (χ2v) is 5.62. The van der Waals surface area contributed by atoms with Crippen LogP contribution in [0.1, 0.15) is 29.2 Å². The average Bonchev–Trinajstić information content (AvgIpc) is 2.42. The van der Waals surface area contributed by atoms with E-state index in [9.17, 15) is 8.78 Å². The van der Waals surface area contributed by atoms with Crippen molar-refractivity contribution in [2.24, 2.45) is 0 Å². The van der Waals surface area contributed by atoms with Crippen LogP contribution in [-0.2, 0) is 13.0 Å². The summed E-state index contributed by atoms with van der Waals surface area (Å²) in [4.78, 5) is 0. The Morgan fingerprint density at radius 1 is 1.05 bits per heavy atom. The zero-order chi connectivity index (χ0) is 15.4. The maximum atomic E-state index is 13.6. The molecule has 1 atom stereocenters. The Balaban J connectivity index is 1.97. The molecule has 3 heteroatoms. The van der Waals surface area contributed by atoms with Gasteiger partial charge in [0.1, 0.15) is 11.6 Å². The van der Waals surface area contributed by atoms with Gasteiger partial charge in [0.25, 0.3) is 0 Å². The van der Waals surface area contributed by atoms with Gasteiger partial charge in [-0.05, 0) is 50.5 Å². The van der Waals surface area contributed by atoms with Gasteiger partial charge in [-0.2, -0.15) is 0 Å². The van der Waals surface area contributed by atoms with Crippen LogP contribution in [0, 0.1) is 25.5 Å². The molecule has 0 bridgehead atoms. The number of rotatable bonds is 5. The lowest BCUT2D eigenvalue weighted by atomic mass is 10.0. The first-order chi connectivity index (χ1) is 9.97. The number of benzene rings is 2. The van der Waals surface area contributed by atoms with Gasteiger partial charge in [0, 0.05) is 18.2 Å². The smallest absolute Gasteiger partial charge is 0.129 e. The van der Waals surface area contributed by atoms with Crippen molar-refractivity contribution in [3.8, 4) is 0 Å². The first kappa shape index (κ1) is 15.6. The third kappa shape index (κ3) is 4.11. The third-order valence-corrected chi connectivity index (χ3v) is 3.71. The maximum absolute atomic E-state index is 13.6. The van der Waals surface area contributed by atoms with E-state index in [1.807, 2.05) is 6.92 Å². The molecule has 1 N–H and O–H groups in total. The standard InChI is InChI=1S/C18H21F2N/c1-12-7-8-15(13(2)9-12)11-21-14(3)10-16-17(19)5-4-6-18(16)20/h4-9,14,21H,10-11H2,1-3H3. The lowest BCUT2D eigenvalue weighted by molar-refractivity contribution is 0.499. The van der Waals surface area contributed by atoms with Gasteiger partial charge >= 0.3 is 0 Å². The van der Waals surface area contributed by atoms with E-state index in [1.165, 1.54) is 34.9 Å². The Labute approximate surface area is 125 Å². The van der Waals surface area contributed by atoms with E-state index >= 15 is 0 Å². The van der Waals surface area contributed by atoms with E-state index in [-0.39, 0.29) is 11.6 Å². The van der Waals surface area contributed by atoms with Crippen LogP contribution in [0.4, 0.5) is 8.78 Å². The van der Waals surface area contributed by atoms with Gasteiger partial charge in [-0.1, -0.05) is 29.8 Å². The van der Waals surface area contributed by atoms with E-state index < -0.39 is 11.6 Å². The highest BCUT2D eigenvalue weighted by atomic mass is 19.1. The summed E-state index contributed by atoms with van der Waals surface area (Å²) in [6.07, 6.45) is 0.337. The molecule has 21 heavy (non-hydrogen) atoms. The fourth-order valence-corrected chi connectivity index (χ4v) is 2.43. The number of hydrogen-bond acceptors (Lipinski definition) is 1. The Bertz CT molecular complexity index is 602. The summed E-state index contributed by atoms with van der Waals surface area (Å²) >= 11 is 0. The summed E-state index contributed by atoms with van der Waals surface area (Å²) in [5.41, 5.74) is 3.82. The van der Waals surface area contributed by atoms with E-state index in [2.05, 4.69) is 37.4 Å². The van der Waals surface area contributed by atoms with Crippen LogP contribution in [-0.4, -0.2) is 6.04 Å². The van der Waals surface area contributed by atoms with Crippen molar-refractivity contribution in [1.82, 2.24) is 5.32 Å². The molecule has 0 saturated heterocycles. The van der Waals surface area contributed by atoms with Gasteiger partial charge < -0.3 is 5.32 Å². The SMILES string of the molecule is Cc1ccc(CNC(C)Cc2c(F)cccc2F)c(C)c1. The molecule has 0 fully saturated rings. The number of nitrogens with one attached hydrogen (secondary N) is 1. The molecule has 1 unspecified atom stereocenters. The zero-order valence-electron chi connectivity index (χ0n) is 12.7. The second kappa shape index (κ2) is 6.81. The van der Waals surface area contributed by atoms with Crippen LogP contribution >= 0.6 is 0 Å². The fourth-order valence-electron chi connectivity index (χ4n) is 2.43. The summed E-state index contributed by atoms with van der Waals surface area (Å²) in [5, 5.41) is 3.33. The highest BCUT2D eigenvalue weighted by Crippen LogP contribution is 2.15. The molecular formula is C18H21F2N. The first-order valence-electron chi connectivity index (χ1n) is 7.19. The molecule has 112 valence electrons. The highest BCUT2D eigenvalue weighted by molar-refractivity contribution is 5.30. The molecule has 2 aromatic rings.